The van der Waals surface area contributed by atoms with Crippen molar-refractivity contribution >= 4 is 11.8 Å². The van der Waals surface area contributed by atoms with Crippen LogP contribution in [0.2, 0.25) is 0 Å². The number of methoxy groups -OCH3 is 1. The maximum Gasteiger partial charge on any atom is 0.261 e. The Morgan fingerprint density at radius 3 is 2.54 bits per heavy atom. The van der Waals surface area contributed by atoms with Gasteiger partial charge in [0.05, 0.1) is 7.11 Å². The molecule has 0 aliphatic carbocycles. The first-order chi connectivity index (χ1) is 13.4. The topological polar surface area (TPSA) is 67.9 Å². The number of likely N-dealkylation sites (N-methyl/N-ethyl adjacent to an activating group) is 1. The lowest BCUT2D eigenvalue weighted by Crippen LogP contribution is -2.48. The van der Waals surface area contributed by atoms with Gasteiger partial charge in [0.2, 0.25) is 5.91 Å². The zero-order valence-electron chi connectivity index (χ0n) is 17.1. The number of aryl methyl sites for hydroxylation is 1. The minimum absolute atomic E-state index is 0.143. The van der Waals surface area contributed by atoms with Gasteiger partial charge in [0.25, 0.3) is 5.91 Å². The second-order valence-electron chi connectivity index (χ2n) is 6.65. The number of nitrogens with zero attached hydrogens (tertiary/aromatic N) is 1. The number of hydrogen-bond acceptors (Lipinski definition) is 4. The Hall–Kier alpha value is -3.02. The molecular weight excluding hydrogens is 356 g/mol. The third-order valence-electron chi connectivity index (χ3n) is 4.81. The molecule has 0 radical (unpaired) electrons. The molecule has 0 aliphatic rings. The highest BCUT2D eigenvalue weighted by molar-refractivity contribution is 5.87. The van der Waals surface area contributed by atoms with Crippen LogP contribution in [0, 0.1) is 13.8 Å². The molecule has 28 heavy (non-hydrogen) atoms. The average molecular weight is 384 g/mol. The first-order valence-corrected chi connectivity index (χ1v) is 9.20. The molecule has 0 aromatic heterocycles. The van der Waals surface area contributed by atoms with Crippen molar-refractivity contribution < 1.29 is 19.1 Å². The number of carbonyl (C=O) groups is 2. The molecule has 0 aliphatic heterocycles. The fourth-order valence-electron chi connectivity index (χ4n) is 2.86. The summed E-state index contributed by atoms with van der Waals surface area (Å²) in [5, 5.41) is 2.60. The predicted molar refractivity (Wildman–Crippen MR) is 108 cm³/mol. The Morgan fingerprint density at radius 1 is 1.14 bits per heavy atom. The summed E-state index contributed by atoms with van der Waals surface area (Å²) in [6.45, 7) is 5.79. The van der Waals surface area contributed by atoms with Crippen molar-refractivity contribution in [1.29, 1.82) is 0 Å². The highest BCUT2D eigenvalue weighted by Crippen LogP contribution is 2.21. The van der Waals surface area contributed by atoms with Crippen LogP contribution >= 0.6 is 0 Å². The van der Waals surface area contributed by atoms with Gasteiger partial charge >= 0.3 is 0 Å². The van der Waals surface area contributed by atoms with E-state index in [1.165, 1.54) is 4.90 Å². The Bertz CT molecular complexity index is 835. The molecule has 2 rings (SSSR count). The van der Waals surface area contributed by atoms with Crippen molar-refractivity contribution in [3.8, 4) is 11.5 Å². The molecule has 2 aromatic rings. The first-order valence-electron chi connectivity index (χ1n) is 9.20. The van der Waals surface area contributed by atoms with Crippen LogP contribution in [0.3, 0.4) is 0 Å². The van der Waals surface area contributed by atoms with E-state index in [4.69, 9.17) is 9.47 Å². The Morgan fingerprint density at radius 2 is 1.86 bits per heavy atom. The number of benzene rings is 2. The molecule has 0 saturated carbocycles. The van der Waals surface area contributed by atoms with E-state index in [1.807, 2.05) is 56.3 Å². The molecule has 1 N–H and O–H groups in total. The Kier molecular flexibility index (Phi) is 7.44. The third kappa shape index (κ3) is 5.25. The van der Waals surface area contributed by atoms with E-state index in [0.717, 1.165) is 16.7 Å². The molecule has 0 saturated heterocycles. The van der Waals surface area contributed by atoms with Crippen molar-refractivity contribution in [3.05, 3.63) is 59.2 Å². The van der Waals surface area contributed by atoms with Crippen molar-refractivity contribution in [2.75, 3.05) is 20.8 Å². The lowest BCUT2D eigenvalue weighted by Gasteiger charge is -2.28. The maximum absolute atomic E-state index is 12.9. The summed E-state index contributed by atoms with van der Waals surface area (Å²) in [5.74, 6) is 0.870. The molecule has 150 valence electrons. The van der Waals surface area contributed by atoms with Gasteiger partial charge in [0.15, 0.2) is 6.61 Å². The van der Waals surface area contributed by atoms with Gasteiger partial charge in [0, 0.05) is 13.6 Å². The van der Waals surface area contributed by atoms with Crippen LogP contribution in [0.1, 0.15) is 23.6 Å². The highest BCUT2D eigenvalue weighted by Gasteiger charge is 2.26. The largest absolute Gasteiger partial charge is 0.497 e. The minimum atomic E-state index is -0.633. The van der Waals surface area contributed by atoms with E-state index in [2.05, 4.69) is 5.32 Å². The number of ether oxygens (including phenoxy) is 2. The first kappa shape index (κ1) is 21.3. The van der Waals surface area contributed by atoms with E-state index < -0.39 is 6.04 Å². The third-order valence-corrected chi connectivity index (χ3v) is 4.81. The Labute approximate surface area is 166 Å². The molecule has 0 heterocycles. The molecule has 1 atom stereocenters. The second kappa shape index (κ2) is 9.78. The van der Waals surface area contributed by atoms with E-state index in [1.54, 1.807) is 21.1 Å². The molecule has 0 fully saturated rings. The summed E-state index contributed by atoms with van der Waals surface area (Å²) < 4.78 is 11.0. The van der Waals surface area contributed by atoms with Gasteiger partial charge in [-0.1, -0.05) is 24.3 Å². The standard InChI is InChI=1S/C22H28N2O4/c1-15-8-6-11-20(16(15)2)28-14-21(25)24(17(3)22(26)23-4)13-18-9-7-10-19(12-18)27-5/h6-12,17H,13-14H2,1-5H3,(H,23,26). The van der Waals surface area contributed by atoms with E-state index in [9.17, 15) is 9.59 Å². The monoisotopic (exact) mass is 384 g/mol. The van der Waals surface area contributed by atoms with E-state index in [0.29, 0.717) is 11.5 Å². The number of hydrogen-bond donors (Lipinski definition) is 1. The van der Waals surface area contributed by atoms with Crippen LogP contribution in [-0.2, 0) is 16.1 Å². The van der Waals surface area contributed by atoms with Crippen molar-refractivity contribution in [2.45, 2.75) is 33.4 Å². The predicted octanol–water partition coefficient (Wildman–Crippen LogP) is 2.85. The molecule has 0 spiro atoms. The van der Waals surface area contributed by atoms with Gasteiger partial charge in [-0.25, -0.2) is 0 Å². The van der Waals surface area contributed by atoms with Crippen LogP contribution in [-0.4, -0.2) is 43.5 Å². The molecule has 6 heteroatoms. The van der Waals surface area contributed by atoms with Crippen LogP contribution in [0.4, 0.5) is 0 Å². The van der Waals surface area contributed by atoms with Crippen LogP contribution < -0.4 is 14.8 Å². The van der Waals surface area contributed by atoms with E-state index in [-0.39, 0.29) is 25.0 Å². The summed E-state index contributed by atoms with van der Waals surface area (Å²) in [6, 6.07) is 12.5. The highest BCUT2D eigenvalue weighted by atomic mass is 16.5. The summed E-state index contributed by atoms with van der Waals surface area (Å²) >= 11 is 0. The molecular formula is C22H28N2O4. The molecule has 1 unspecified atom stereocenters. The molecule has 0 bridgehead atoms. The minimum Gasteiger partial charge on any atom is -0.497 e. The lowest BCUT2D eigenvalue weighted by atomic mass is 10.1. The SMILES string of the molecule is CNC(=O)C(C)N(Cc1cccc(OC)c1)C(=O)COc1cccc(C)c1C. The van der Waals surface area contributed by atoms with Gasteiger partial charge in [0.1, 0.15) is 17.5 Å². The van der Waals surface area contributed by atoms with Gasteiger partial charge in [-0.3, -0.25) is 9.59 Å². The zero-order chi connectivity index (χ0) is 20.7. The Balaban J connectivity index is 2.18. The molecule has 6 nitrogen and oxygen atoms in total. The zero-order valence-corrected chi connectivity index (χ0v) is 17.1. The van der Waals surface area contributed by atoms with Gasteiger partial charge in [-0.2, -0.15) is 0 Å². The number of carbonyl (C=O) groups excluding carboxylic acids is 2. The number of nitrogens with one attached hydrogen (secondary N) is 1. The number of rotatable bonds is 8. The van der Waals surface area contributed by atoms with Crippen LogP contribution in [0.25, 0.3) is 0 Å². The fourth-order valence-corrected chi connectivity index (χ4v) is 2.86. The van der Waals surface area contributed by atoms with Gasteiger partial charge in [-0.05, 0) is 55.7 Å². The fraction of sp³-hybridized carbons (Fsp3) is 0.364. The molecule has 2 amide bonds. The average Bonchev–Trinajstić information content (AvgIpc) is 2.71. The van der Waals surface area contributed by atoms with Crippen LogP contribution in [0.5, 0.6) is 11.5 Å². The van der Waals surface area contributed by atoms with Crippen molar-refractivity contribution in [1.82, 2.24) is 10.2 Å². The van der Waals surface area contributed by atoms with Crippen LogP contribution in [0.15, 0.2) is 42.5 Å². The second-order valence-corrected chi connectivity index (χ2v) is 6.65. The van der Waals surface area contributed by atoms with Crippen molar-refractivity contribution in [2.24, 2.45) is 0 Å². The smallest absolute Gasteiger partial charge is 0.261 e. The van der Waals surface area contributed by atoms with Crippen molar-refractivity contribution in [3.63, 3.8) is 0 Å². The summed E-state index contributed by atoms with van der Waals surface area (Å²) in [5.41, 5.74) is 2.96. The molecule has 2 aromatic carbocycles. The quantitative estimate of drug-likeness (QED) is 0.760. The number of amides is 2. The summed E-state index contributed by atoms with van der Waals surface area (Å²) in [6.07, 6.45) is 0. The van der Waals surface area contributed by atoms with Gasteiger partial charge in [-0.15, -0.1) is 0 Å². The summed E-state index contributed by atoms with van der Waals surface area (Å²) in [4.78, 5) is 26.6. The normalized spacial score (nSPS) is 11.5. The van der Waals surface area contributed by atoms with E-state index >= 15 is 0 Å². The van der Waals surface area contributed by atoms with Gasteiger partial charge < -0.3 is 19.7 Å². The maximum atomic E-state index is 12.9. The lowest BCUT2D eigenvalue weighted by molar-refractivity contribution is -0.142. The summed E-state index contributed by atoms with van der Waals surface area (Å²) in [7, 11) is 3.15.